The van der Waals surface area contributed by atoms with Gasteiger partial charge in [0.1, 0.15) is 0 Å². The van der Waals surface area contributed by atoms with Crippen LogP contribution < -0.4 is 11.1 Å². The number of nitrogens with zero attached hydrogens (tertiary/aromatic N) is 2. The van der Waals surface area contributed by atoms with Crippen molar-refractivity contribution in [1.29, 1.82) is 0 Å². The van der Waals surface area contributed by atoms with Gasteiger partial charge in [0.25, 0.3) is 0 Å². The molecule has 5 heteroatoms. The van der Waals surface area contributed by atoms with Crippen LogP contribution in [0.5, 0.6) is 0 Å². The molecule has 0 saturated heterocycles. The van der Waals surface area contributed by atoms with Gasteiger partial charge in [-0.1, -0.05) is 11.4 Å². The normalized spacial score (nSPS) is 13.1. The van der Waals surface area contributed by atoms with Crippen molar-refractivity contribution >= 4 is 11.5 Å². The van der Waals surface area contributed by atoms with Crippen molar-refractivity contribution in [2.24, 2.45) is 5.73 Å². The highest BCUT2D eigenvalue weighted by molar-refractivity contribution is 7.05. The number of nitrogens with two attached hydrogens (primary N) is 1. The summed E-state index contributed by atoms with van der Waals surface area (Å²) in [6.07, 6.45) is 1.96. The lowest BCUT2D eigenvalue weighted by molar-refractivity contribution is 0.521. The maximum Gasteiger partial charge on any atom is 0.0797 e. The van der Waals surface area contributed by atoms with Gasteiger partial charge in [0.15, 0.2) is 0 Å². The molecular weight excluding hydrogens is 196 g/mol. The van der Waals surface area contributed by atoms with Gasteiger partial charge in [0.05, 0.1) is 10.6 Å². The molecule has 0 aliphatic heterocycles. The molecule has 1 unspecified atom stereocenters. The van der Waals surface area contributed by atoms with Crippen LogP contribution in [0.25, 0.3) is 0 Å². The summed E-state index contributed by atoms with van der Waals surface area (Å²) < 4.78 is 3.94. The van der Waals surface area contributed by atoms with E-state index >= 15 is 0 Å². The lowest BCUT2D eigenvalue weighted by Gasteiger charge is -2.11. The van der Waals surface area contributed by atoms with Gasteiger partial charge in [-0.05, 0) is 37.8 Å². The molecule has 14 heavy (non-hydrogen) atoms. The SMILES string of the molecule is CCc1nnsc1CNC(C)CCN. The lowest BCUT2D eigenvalue weighted by Crippen LogP contribution is -2.27. The maximum atomic E-state index is 5.47. The molecule has 0 amide bonds. The highest BCUT2D eigenvalue weighted by Gasteiger charge is 2.06. The minimum Gasteiger partial charge on any atom is -0.330 e. The van der Waals surface area contributed by atoms with Crippen LogP contribution in [0.4, 0.5) is 0 Å². The number of nitrogens with one attached hydrogen (secondary N) is 1. The van der Waals surface area contributed by atoms with Crippen LogP contribution in [0.15, 0.2) is 0 Å². The smallest absolute Gasteiger partial charge is 0.0797 e. The Morgan fingerprint density at radius 2 is 2.36 bits per heavy atom. The minimum absolute atomic E-state index is 0.465. The second-order valence-electron chi connectivity index (χ2n) is 3.36. The summed E-state index contributed by atoms with van der Waals surface area (Å²) in [5.41, 5.74) is 6.59. The molecule has 4 nitrogen and oxygen atoms in total. The monoisotopic (exact) mass is 214 g/mol. The summed E-state index contributed by atoms with van der Waals surface area (Å²) >= 11 is 1.48. The highest BCUT2D eigenvalue weighted by Crippen LogP contribution is 2.10. The summed E-state index contributed by atoms with van der Waals surface area (Å²) in [7, 11) is 0. The van der Waals surface area contributed by atoms with E-state index in [0.29, 0.717) is 6.04 Å². The second-order valence-corrected chi connectivity index (χ2v) is 4.19. The molecule has 0 spiro atoms. The third-order valence-corrected chi connectivity index (χ3v) is 2.94. The largest absolute Gasteiger partial charge is 0.330 e. The average molecular weight is 214 g/mol. The molecule has 1 atom stereocenters. The molecule has 1 rings (SSSR count). The van der Waals surface area contributed by atoms with Crippen molar-refractivity contribution < 1.29 is 0 Å². The molecule has 0 aromatic carbocycles. The molecule has 0 aliphatic carbocycles. The predicted octanol–water partition coefficient (Wildman–Crippen LogP) is 0.927. The number of hydrogen-bond acceptors (Lipinski definition) is 5. The second kappa shape index (κ2) is 6.06. The molecule has 0 radical (unpaired) electrons. The molecule has 1 aromatic heterocycles. The first-order chi connectivity index (χ1) is 6.77. The Labute approximate surface area is 89.1 Å². The fraction of sp³-hybridized carbons (Fsp3) is 0.778. The van der Waals surface area contributed by atoms with Gasteiger partial charge in [0.2, 0.25) is 0 Å². The number of aryl methyl sites for hydroxylation is 1. The van der Waals surface area contributed by atoms with Crippen molar-refractivity contribution in [2.75, 3.05) is 6.54 Å². The standard InChI is InChI=1S/C9H18N4S/c1-3-8-9(14-13-12-8)6-11-7(2)4-5-10/h7,11H,3-6,10H2,1-2H3. The van der Waals surface area contributed by atoms with Crippen LogP contribution in [0.1, 0.15) is 30.8 Å². The van der Waals surface area contributed by atoms with Gasteiger partial charge < -0.3 is 11.1 Å². The van der Waals surface area contributed by atoms with E-state index in [0.717, 1.165) is 31.6 Å². The van der Waals surface area contributed by atoms with Crippen molar-refractivity contribution in [3.63, 3.8) is 0 Å². The molecule has 0 aliphatic rings. The van der Waals surface area contributed by atoms with Crippen molar-refractivity contribution in [3.8, 4) is 0 Å². The quantitative estimate of drug-likeness (QED) is 0.739. The van der Waals surface area contributed by atoms with Crippen LogP contribution in [0.3, 0.4) is 0 Å². The zero-order chi connectivity index (χ0) is 10.4. The van der Waals surface area contributed by atoms with Crippen LogP contribution in [0, 0.1) is 0 Å². The predicted molar refractivity (Wildman–Crippen MR) is 59.3 cm³/mol. The van der Waals surface area contributed by atoms with Gasteiger partial charge in [-0.25, -0.2) is 0 Å². The highest BCUT2D eigenvalue weighted by atomic mass is 32.1. The van der Waals surface area contributed by atoms with E-state index in [1.807, 2.05) is 0 Å². The fourth-order valence-electron chi connectivity index (χ4n) is 1.25. The van der Waals surface area contributed by atoms with Gasteiger partial charge in [-0.2, -0.15) is 0 Å². The van der Waals surface area contributed by atoms with E-state index in [9.17, 15) is 0 Å². The van der Waals surface area contributed by atoms with Gasteiger partial charge in [-0.15, -0.1) is 5.10 Å². The first kappa shape index (κ1) is 11.6. The van der Waals surface area contributed by atoms with Crippen molar-refractivity contribution in [1.82, 2.24) is 14.9 Å². The minimum atomic E-state index is 0.465. The Morgan fingerprint density at radius 1 is 1.57 bits per heavy atom. The van der Waals surface area contributed by atoms with E-state index in [1.165, 1.54) is 16.4 Å². The van der Waals surface area contributed by atoms with Gasteiger partial charge in [0, 0.05) is 12.6 Å². The van der Waals surface area contributed by atoms with Gasteiger partial charge in [-0.3, -0.25) is 0 Å². The van der Waals surface area contributed by atoms with E-state index < -0.39 is 0 Å². The summed E-state index contributed by atoms with van der Waals surface area (Å²) in [5, 5.41) is 7.47. The third-order valence-electron chi connectivity index (χ3n) is 2.18. The number of hydrogen-bond donors (Lipinski definition) is 2. The Bertz CT molecular complexity index is 261. The van der Waals surface area contributed by atoms with Crippen LogP contribution >= 0.6 is 11.5 Å². The molecule has 0 saturated carbocycles. The third kappa shape index (κ3) is 3.32. The summed E-state index contributed by atoms with van der Waals surface area (Å²) in [5.74, 6) is 0. The molecular formula is C9H18N4S. The van der Waals surface area contributed by atoms with Crippen LogP contribution in [0.2, 0.25) is 0 Å². The van der Waals surface area contributed by atoms with Crippen LogP contribution in [-0.2, 0) is 13.0 Å². The Hall–Kier alpha value is -0.520. The molecule has 1 heterocycles. The van der Waals surface area contributed by atoms with E-state index in [-0.39, 0.29) is 0 Å². The van der Waals surface area contributed by atoms with Gasteiger partial charge >= 0.3 is 0 Å². The van der Waals surface area contributed by atoms with Crippen molar-refractivity contribution in [3.05, 3.63) is 10.6 Å². The molecule has 1 aromatic rings. The molecule has 80 valence electrons. The Balaban J connectivity index is 2.37. The number of rotatable bonds is 6. The number of aromatic nitrogens is 2. The van der Waals surface area contributed by atoms with E-state index in [2.05, 4.69) is 28.8 Å². The fourth-order valence-corrected chi connectivity index (χ4v) is 1.92. The summed E-state index contributed by atoms with van der Waals surface area (Å²) in [6, 6.07) is 0.465. The first-order valence-electron chi connectivity index (χ1n) is 5.01. The van der Waals surface area contributed by atoms with E-state index in [1.54, 1.807) is 0 Å². The van der Waals surface area contributed by atoms with E-state index in [4.69, 9.17) is 5.73 Å². The maximum absolute atomic E-state index is 5.47. The molecule has 0 bridgehead atoms. The zero-order valence-electron chi connectivity index (χ0n) is 8.79. The summed E-state index contributed by atoms with van der Waals surface area (Å²) in [6.45, 7) is 5.84. The topological polar surface area (TPSA) is 63.8 Å². The first-order valence-corrected chi connectivity index (χ1v) is 5.78. The zero-order valence-corrected chi connectivity index (χ0v) is 9.60. The Morgan fingerprint density at radius 3 is 3.00 bits per heavy atom. The summed E-state index contributed by atoms with van der Waals surface area (Å²) in [4.78, 5) is 1.25. The Kier molecular flexibility index (Phi) is 5.00. The lowest BCUT2D eigenvalue weighted by atomic mass is 10.2. The average Bonchev–Trinajstić information content (AvgIpc) is 2.62. The molecule has 0 fully saturated rings. The van der Waals surface area contributed by atoms with Crippen molar-refractivity contribution in [2.45, 2.75) is 39.3 Å². The molecule has 3 N–H and O–H groups in total. The van der Waals surface area contributed by atoms with Crippen LogP contribution in [-0.4, -0.2) is 22.2 Å².